The van der Waals surface area contributed by atoms with Crippen molar-refractivity contribution in [2.24, 2.45) is 0 Å². The standard InChI is InChI=1S/C9H11N3O2/c10-4-8(13)9(14)5-1-2-6(11)7(12)3-5/h1-3,8-9,13-14H,11-12H2. The molecule has 6 N–H and O–H groups in total. The second-order valence-corrected chi connectivity index (χ2v) is 2.91. The number of nitriles is 1. The number of aliphatic hydroxyl groups excluding tert-OH is 2. The van der Waals surface area contributed by atoms with Crippen molar-refractivity contribution in [3.8, 4) is 6.07 Å². The number of benzene rings is 1. The maximum absolute atomic E-state index is 9.44. The van der Waals surface area contributed by atoms with E-state index in [1.54, 1.807) is 0 Å². The summed E-state index contributed by atoms with van der Waals surface area (Å²) in [6.07, 6.45) is -2.72. The number of nitrogens with zero attached hydrogens (tertiary/aromatic N) is 1. The number of hydrogen-bond acceptors (Lipinski definition) is 5. The summed E-state index contributed by atoms with van der Waals surface area (Å²) in [6, 6.07) is 5.98. The SMILES string of the molecule is N#CC(O)C(O)c1ccc(N)c(N)c1. The van der Waals surface area contributed by atoms with Crippen LogP contribution in [0.5, 0.6) is 0 Å². The van der Waals surface area contributed by atoms with E-state index < -0.39 is 12.2 Å². The summed E-state index contributed by atoms with van der Waals surface area (Å²) >= 11 is 0. The molecule has 0 aromatic heterocycles. The monoisotopic (exact) mass is 193 g/mol. The molecule has 2 atom stereocenters. The van der Waals surface area contributed by atoms with Crippen molar-refractivity contribution in [1.29, 1.82) is 5.26 Å². The Balaban J connectivity index is 2.98. The Bertz CT molecular complexity index is 373. The summed E-state index contributed by atoms with van der Waals surface area (Å²) in [6.45, 7) is 0. The number of hydrogen-bond donors (Lipinski definition) is 4. The third kappa shape index (κ3) is 1.93. The van der Waals surface area contributed by atoms with Gasteiger partial charge in [0.25, 0.3) is 0 Å². The van der Waals surface area contributed by atoms with E-state index in [9.17, 15) is 5.11 Å². The van der Waals surface area contributed by atoms with Crippen LogP contribution in [0.15, 0.2) is 18.2 Å². The third-order valence-corrected chi connectivity index (χ3v) is 1.88. The number of rotatable bonds is 2. The maximum atomic E-state index is 9.44. The molecule has 2 unspecified atom stereocenters. The third-order valence-electron chi connectivity index (χ3n) is 1.88. The van der Waals surface area contributed by atoms with Gasteiger partial charge in [-0.15, -0.1) is 0 Å². The first-order valence-corrected chi connectivity index (χ1v) is 3.97. The van der Waals surface area contributed by atoms with Gasteiger partial charge in [-0.25, -0.2) is 0 Å². The molecule has 0 aliphatic heterocycles. The molecule has 74 valence electrons. The predicted octanol–water partition coefficient (Wildman–Crippen LogP) is -0.231. The molecule has 0 saturated heterocycles. The number of anilines is 2. The summed E-state index contributed by atoms with van der Waals surface area (Å²) < 4.78 is 0. The lowest BCUT2D eigenvalue weighted by atomic mass is 10.0. The van der Waals surface area contributed by atoms with Gasteiger partial charge in [0.2, 0.25) is 0 Å². The molecule has 0 radical (unpaired) electrons. The van der Waals surface area contributed by atoms with E-state index in [0.29, 0.717) is 16.9 Å². The summed E-state index contributed by atoms with van der Waals surface area (Å²) in [5.41, 5.74) is 12.0. The fourth-order valence-electron chi connectivity index (χ4n) is 1.03. The molecular formula is C9H11N3O2. The number of nitrogens with two attached hydrogens (primary N) is 2. The highest BCUT2D eigenvalue weighted by molar-refractivity contribution is 5.64. The fourth-order valence-corrected chi connectivity index (χ4v) is 1.03. The van der Waals surface area contributed by atoms with Crippen LogP contribution in [0.25, 0.3) is 0 Å². The van der Waals surface area contributed by atoms with Gasteiger partial charge >= 0.3 is 0 Å². The summed E-state index contributed by atoms with van der Waals surface area (Å²) in [4.78, 5) is 0. The number of nitrogen functional groups attached to an aromatic ring is 2. The Morgan fingerprint density at radius 1 is 1.21 bits per heavy atom. The average Bonchev–Trinajstić information content (AvgIpc) is 2.20. The largest absolute Gasteiger partial charge is 0.397 e. The summed E-state index contributed by atoms with van der Waals surface area (Å²) in [7, 11) is 0. The van der Waals surface area contributed by atoms with Gasteiger partial charge in [0, 0.05) is 0 Å². The van der Waals surface area contributed by atoms with Gasteiger partial charge in [-0.1, -0.05) is 6.07 Å². The van der Waals surface area contributed by atoms with Gasteiger partial charge in [-0.3, -0.25) is 0 Å². The van der Waals surface area contributed by atoms with Crippen LogP contribution in [0, 0.1) is 11.3 Å². The van der Waals surface area contributed by atoms with E-state index >= 15 is 0 Å². The first kappa shape index (κ1) is 10.3. The quantitative estimate of drug-likeness (QED) is 0.382. The van der Waals surface area contributed by atoms with E-state index in [-0.39, 0.29) is 0 Å². The van der Waals surface area contributed by atoms with E-state index in [4.69, 9.17) is 21.8 Å². The van der Waals surface area contributed by atoms with Crippen molar-refractivity contribution in [3.63, 3.8) is 0 Å². The Labute approximate surface area is 81.2 Å². The van der Waals surface area contributed by atoms with Crippen molar-refractivity contribution in [2.75, 3.05) is 11.5 Å². The first-order chi connectivity index (χ1) is 6.56. The second-order valence-electron chi connectivity index (χ2n) is 2.91. The lowest BCUT2D eigenvalue weighted by Gasteiger charge is -2.12. The highest BCUT2D eigenvalue weighted by atomic mass is 16.3. The molecule has 14 heavy (non-hydrogen) atoms. The van der Waals surface area contributed by atoms with Crippen LogP contribution in [0.1, 0.15) is 11.7 Å². The molecule has 5 nitrogen and oxygen atoms in total. The van der Waals surface area contributed by atoms with E-state index in [1.165, 1.54) is 24.3 Å². The molecule has 0 bridgehead atoms. The van der Waals surface area contributed by atoms with Crippen molar-refractivity contribution in [2.45, 2.75) is 12.2 Å². The molecule has 1 aromatic rings. The van der Waals surface area contributed by atoms with E-state index in [1.807, 2.05) is 0 Å². The molecule has 0 aliphatic rings. The molecule has 1 rings (SSSR count). The fraction of sp³-hybridized carbons (Fsp3) is 0.222. The Kier molecular flexibility index (Phi) is 2.92. The zero-order valence-corrected chi connectivity index (χ0v) is 7.38. The van der Waals surface area contributed by atoms with Gasteiger partial charge in [-0.2, -0.15) is 5.26 Å². The molecule has 0 fully saturated rings. The van der Waals surface area contributed by atoms with E-state index in [2.05, 4.69) is 0 Å². The average molecular weight is 193 g/mol. The summed E-state index contributed by atoms with van der Waals surface area (Å²) in [5.74, 6) is 0. The van der Waals surface area contributed by atoms with Crippen LogP contribution < -0.4 is 11.5 Å². The highest BCUT2D eigenvalue weighted by Crippen LogP contribution is 2.22. The minimum atomic E-state index is -1.46. The molecule has 5 heteroatoms. The minimum Gasteiger partial charge on any atom is -0.397 e. The maximum Gasteiger partial charge on any atom is 0.170 e. The zero-order chi connectivity index (χ0) is 10.7. The summed E-state index contributed by atoms with van der Waals surface area (Å²) in [5, 5.41) is 26.9. The van der Waals surface area contributed by atoms with Crippen LogP contribution in [-0.2, 0) is 0 Å². The predicted molar refractivity (Wildman–Crippen MR) is 51.8 cm³/mol. The van der Waals surface area contributed by atoms with Crippen molar-refractivity contribution < 1.29 is 10.2 Å². The zero-order valence-electron chi connectivity index (χ0n) is 7.38. The smallest absolute Gasteiger partial charge is 0.170 e. The Morgan fingerprint density at radius 3 is 2.36 bits per heavy atom. The van der Waals surface area contributed by atoms with Gasteiger partial charge in [-0.05, 0) is 17.7 Å². The van der Waals surface area contributed by atoms with Gasteiger partial charge in [0.1, 0.15) is 6.10 Å². The molecule has 0 heterocycles. The van der Waals surface area contributed by atoms with Crippen molar-refractivity contribution in [1.82, 2.24) is 0 Å². The highest BCUT2D eigenvalue weighted by Gasteiger charge is 2.17. The second kappa shape index (κ2) is 3.96. The van der Waals surface area contributed by atoms with Crippen molar-refractivity contribution in [3.05, 3.63) is 23.8 Å². The molecule has 0 aliphatic carbocycles. The molecular weight excluding hydrogens is 182 g/mol. The van der Waals surface area contributed by atoms with Crippen LogP contribution in [0.4, 0.5) is 11.4 Å². The van der Waals surface area contributed by atoms with Crippen molar-refractivity contribution >= 4 is 11.4 Å². The van der Waals surface area contributed by atoms with Gasteiger partial charge < -0.3 is 21.7 Å². The normalized spacial score (nSPS) is 14.4. The Morgan fingerprint density at radius 2 is 1.86 bits per heavy atom. The lowest BCUT2D eigenvalue weighted by Crippen LogP contribution is -2.16. The molecule has 0 spiro atoms. The van der Waals surface area contributed by atoms with Gasteiger partial charge in [0.15, 0.2) is 6.10 Å². The van der Waals surface area contributed by atoms with Crippen LogP contribution in [-0.4, -0.2) is 16.3 Å². The molecule has 0 amide bonds. The van der Waals surface area contributed by atoms with Crippen LogP contribution in [0.2, 0.25) is 0 Å². The van der Waals surface area contributed by atoms with E-state index in [0.717, 1.165) is 0 Å². The minimum absolute atomic E-state index is 0.312. The Hall–Kier alpha value is -1.77. The van der Waals surface area contributed by atoms with Gasteiger partial charge in [0.05, 0.1) is 17.4 Å². The lowest BCUT2D eigenvalue weighted by molar-refractivity contribution is 0.0528. The topological polar surface area (TPSA) is 116 Å². The first-order valence-electron chi connectivity index (χ1n) is 3.97. The van der Waals surface area contributed by atoms with Crippen LogP contribution >= 0.6 is 0 Å². The number of aliphatic hydroxyl groups is 2. The molecule has 0 saturated carbocycles. The van der Waals surface area contributed by atoms with Crippen LogP contribution in [0.3, 0.4) is 0 Å². The molecule has 1 aromatic carbocycles.